The fourth-order valence-corrected chi connectivity index (χ4v) is 6.51. The predicted octanol–water partition coefficient (Wildman–Crippen LogP) is 0.497. The number of ketones is 4. The van der Waals surface area contributed by atoms with Crippen LogP contribution in [0.15, 0.2) is 6.07 Å². The van der Waals surface area contributed by atoms with Crippen molar-refractivity contribution in [1.82, 2.24) is 4.90 Å². The number of nitrogens with two attached hydrogens (primary N) is 1. The lowest BCUT2D eigenvalue weighted by Crippen LogP contribution is -2.74. The first-order chi connectivity index (χ1) is 17.3. The van der Waals surface area contributed by atoms with Gasteiger partial charge in [0.1, 0.15) is 5.75 Å². The molecule has 6 atom stereocenters. The number of phenols is 1. The molecule has 37 heavy (non-hydrogen) atoms. The van der Waals surface area contributed by atoms with Gasteiger partial charge in [-0.15, -0.1) is 0 Å². The van der Waals surface area contributed by atoms with Crippen LogP contribution in [-0.2, 0) is 32.0 Å². The van der Waals surface area contributed by atoms with Crippen LogP contribution < -0.4 is 11.1 Å². The maximum absolute atomic E-state index is 13.9. The second-order valence-corrected chi connectivity index (χ2v) is 11.2. The fraction of sp³-hybridized carbons (Fsp3) is 0.593. The molecule has 2 fully saturated rings. The van der Waals surface area contributed by atoms with Crippen LogP contribution in [0.3, 0.4) is 0 Å². The van der Waals surface area contributed by atoms with E-state index in [2.05, 4.69) is 5.32 Å². The summed E-state index contributed by atoms with van der Waals surface area (Å²) >= 11 is 0. The molecule has 3 aliphatic carbocycles. The molecule has 200 valence electrons. The zero-order valence-electron chi connectivity index (χ0n) is 21.8. The fourth-order valence-electron chi connectivity index (χ4n) is 6.51. The van der Waals surface area contributed by atoms with Crippen molar-refractivity contribution < 1.29 is 34.2 Å². The molecule has 0 saturated heterocycles. The number of rotatable bonds is 6. The molecule has 10 nitrogen and oxygen atoms in total. The highest BCUT2D eigenvalue weighted by Gasteiger charge is 2.69. The Balaban J connectivity index is 1.85. The SMILES string of the molecule is CCc1cc(NCC(C)C)c(O)c2c1C[C@H]1C[C@H]3[C@H](N(C)C)C(=O)C(C(N)=O)C(=O)[C@@]3(O)C(=O)C1C2=O. The van der Waals surface area contributed by atoms with E-state index in [1.807, 2.05) is 26.8 Å². The topological polar surface area (TPSA) is 167 Å². The third-order valence-electron chi connectivity index (χ3n) is 8.24. The number of aromatic hydroxyl groups is 1. The molecule has 2 unspecified atom stereocenters. The summed E-state index contributed by atoms with van der Waals surface area (Å²) in [5.41, 5.74) is 4.54. The van der Waals surface area contributed by atoms with Gasteiger partial charge in [0, 0.05) is 12.5 Å². The van der Waals surface area contributed by atoms with Gasteiger partial charge in [0.25, 0.3) is 0 Å². The van der Waals surface area contributed by atoms with E-state index in [0.717, 1.165) is 5.56 Å². The van der Waals surface area contributed by atoms with Crippen molar-refractivity contribution in [3.05, 3.63) is 22.8 Å². The first kappa shape index (κ1) is 26.9. The summed E-state index contributed by atoms with van der Waals surface area (Å²) in [5, 5.41) is 25.9. The summed E-state index contributed by atoms with van der Waals surface area (Å²) in [7, 11) is 3.13. The number of hydrogen-bond acceptors (Lipinski definition) is 9. The van der Waals surface area contributed by atoms with Crippen molar-refractivity contribution in [1.29, 1.82) is 0 Å². The molecular formula is C27H35N3O7. The first-order valence-electron chi connectivity index (χ1n) is 12.7. The van der Waals surface area contributed by atoms with Crippen molar-refractivity contribution in [3.63, 3.8) is 0 Å². The number of aliphatic hydroxyl groups is 1. The Kier molecular flexibility index (Phi) is 6.79. The van der Waals surface area contributed by atoms with E-state index in [1.165, 1.54) is 4.90 Å². The monoisotopic (exact) mass is 513 g/mol. The number of fused-ring (bicyclic) bond motifs is 3. The Labute approximate surface area is 215 Å². The number of primary amides is 1. The number of likely N-dealkylation sites (N-methyl/N-ethyl adjacent to an activating group) is 1. The molecule has 0 radical (unpaired) electrons. The number of phenolic OH excluding ortho intramolecular Hbond substituents is 1. The summed E-state index contributed by atoms with van der Waals surface area (Å²) in [4.78, 5) is 67.8. The number of amides is 1. The number of benzene rings is 1. The number of hydrogen-bond donors (Lipinski definition) is 4. The number of aryl methyl sites for hydroxylation is 1. The molecule has 0 aromatic heterocycles. The maximum atomic E-state index is 13.9. The minimum absolute atomic E-state index is 0.0252. The van der Waals surface area contributed by atoms with Gasteiger partial charge in [0.15, 0.2) is 34.7 Å². The lowest BCUT2D eigenvalue weighted by Gasteiger charge is -2.52. The van der Waals surface area contributed by atoms with Crippen LogP contribution in [0.1, 0.15) is 48.7 Å². The van der Waals surface area contributed by atoms with Crippen LogP contribution in [0.5, 0.6) is 5.75 Å². The van der Waals surface area contributed by atoms with Crippen molar-refractivity contribution >= 4 is 34.7 Å². The highest BCUT2D eigenvalue weighted by molar-refractivity contribution is 6.32. The third-order valence-corrected chi connectivity index (χ3v) is 8.24. The first-order valence-corrected chi connectivity index (χ1v) is 12.7. The van der Waals surface area contributed by atoms with Gasteiger partial charge in [-0.3, -0.25) is 28.9 Å². The Hall–Kier alpha value is -3.11. The molecular weight excluding hydrogens is 478 g/mol. The van der Waals surface area contributed by atoms with E-state index in [-0.39, 0.29) is 30.1 Å². The lowest BCUT2D eigenvalue weighted by atomic mass is 9.52. The number of anilines is 1. The zero-order chi connectivity index (χ0) is 27.6. The molecule has 0 spiro atoms. The Morgan fingerprint density at radius 2 is 1.86 bits per heavy atom. The number of nitrogens with one attached hydrogen (secondary N) is 1. The lowest BCUT2D eigenvalue weighted by molar-refractivity contribution is -0.181. The zero-order valence-corrected chi connectivity index (χ0v) is 21.8. The summed E-state index contributed by atoms with van der Waals surface area (Å²) in [6.07, 6.45) is 0.900. The van der Waals surface area contributed by atoms with Crippen molar-refractivity contribution in [3.8, 4) is 5.75 Å². The molecule has 1 aromatic rings. The van der Waals surface area contributed by atoms with Gasteiger partial charge < -0.3 is 21.3 Å². The van der Waals surface area contributed by atoms with Gasteiger partial charge in [-0.25, -0.2) is 0 Å². The van der Waals surface area contributed by atoms with Gasteiger partial charge >= 0.3 is 0 Å². The highest BCUT2D eigenvalue weighted by Crippen LogP contribution is 2.51. The van der Waals surface area contributed by atoms with E-state index in [1.54, 1.807) is 14.1 Å². The molecule has 0 bridgehead atoms. The minimum Gasteiger partial charge on any atom is -0.505 e. The van der Waals surface area contributed by atoms with E-state index in [4.69, 9.17) is 5.73 Å². The molecule has 3 aliphatic rings. The quantitative estimate of drug-likeness (QED) is 0.313. The standard InChI is InChI=1S/C27H35N3O7/c1-6-12-9-16(29-10-11(2)3)21(31)18-14(12)7-13-8-15-20(30(4)5)23(33)19(26(28)36)25(35)27(15,37)24(34)17(13)22(18)32/h9,11,13,15,17,19-20,29,31,37H,6-8,10H2,1-5H3,(H2,28,36)/t13-,15-,17?,19?,20-,27-/m0/s1. The number of nitrogens with zero attached hydrogens (tertiary/aromatic N) is 1. The Morgan fingerprint density at radius 1 is 1.22 bits per heavy atom. The van der Waals surface area contributed by atoms with Crippen LogP contribution in [0, 0.1) is 29.6 Å². The van der Waals surface area contributed by atoms with Crippen molar-refractivity contribution in [2.24, 2.45) is 35.3 Å². The molecule has 2 saturated carbocycles. The second-order valence-electron chi connectivity index (χ2n) is 11.2. The summed E-state index contributed by atoms with van der Waals surface area (Å²) in [6.45, 7) is 6.50. The molecule has 5 N–H and O–H groups in total. The number of Topliss-reactive ketones (excluding diaryl/α,β-unsaturated/α-hetero) is 4. The van der Waals surface area contributed by atoms with Crippen LogP contribution in [0.25, 0.3) is 0 Å². The van der Waals surface area contributed by atoms with Gasteiger partial charge in [-0.1, -0.05) is 20.8 Å². The average Bonchev–Trinajstić information content (AvgIpc) is 2.80. The largest absolute Gasteiger partial charge is 0.505 e. The smallest absolute Gasteiger partial charge is 0.235 e. The number of carbonyl (C=O) groups is 5. The molecule has 1 amide bonds. The van der Waals surface area contributed by atoms with E-state index in [0.29, 0.717) is 24.2 Å². The van der Waals surface area contributed by atoms with Crippen molar-refractivity contribution in [2.45, 2.75) is 51.7 Å². The summed E-state index contributed by atoms with van der Waals surface area (Å²) in [5.74, 6) is -10.0. The normalized spacial score (nSPS) is 31.3. The molecule has 1 aromatic carbocycles. The minimum atomic E-state index is -2.71. The van der Waals surface area contributed by atoms with Crippen molar-refractivity contribution in [2.75, 3.05) is 26.0 Å². The van der Waals surface area contributed by atoms with Crippen LogP contribution in [-0.4, -0.2) is 76.4 Å². The Morgan fingerprint density at radius 3 is 2.41 bits per heavy atom. The molecule has 0 aliphatic heterocycles. The van der Waals surface area contributed by atoms with Gasteiger partial charge in [0.05, 0.1) is 23.2 Å². The maximum Gasteiger partial charge on any atom is 0.235 e. The van der Waals surface area contributed by atoms with Crippen LogP contribution in [0.2, 0.25) is 0 Å². The molecule has 0 heterocycles. The van der Waals surface area contributed by atoms with Crippen LogP contribution in [0.4, 0.5) is 5.69 Å². The van der Waals surface area contributed by atoms with Gasteiger partial charge in [-0.05, 0) is 62.4 Å². The average molecular weight is 514 g/mol. The Bertz CT molecular complexity index is 1210. The predicted molar refractivity (Wildman–Crippen MR) is 134 cm³/mol. The molecule has 4 rings (SSSR count). The molecule has 10 heteroatoms. The third kappa shape index (κ3) is 3.88. The summed E-state index contributed by atoms with van der Waals surface area (Å²) < 4.78 is 0. The number of carbonyl (C=O) groups excluding carboxylic acids is 5. The van der Waals surface area contributed by atoms with E-state index < -0.39 is 64.4 Å². The van der Waals surface area contributed by atoms with E-state index >= 15 is 0 Å². The van der Waals surface area contributed by atoms with Gasteiger partial charge in [-0.2, -0.15) is 0 Å². The van der Waals surface area contributed by atoms with E-state index in [9.17, 15) is 34.2 Å². The highest BCUT2D eigenvalue weighted by atomic mass is 16.3. The second kappa shape index (κ2) is 9.33. The summed E-state index contributed by atoms with van der Waals surface area (Å²) in [6, 6.07) is 0.710. The van der Waals surface area contributed by atoms with Gasteiger partial charge in [0.2, 0.25) is 5.91 Å². The van der Waals surface area contributed by atoms with Crippen LogP contribution >= 0.6 is 0 Å².